The Kier molecular flexibility index (Phi) is 4.59. The van der Waals surface area contributed by atoms with Gasteiger partial charge in [0.15, 0.2) is 8.24 Å². The quantitative estimate of drug-likeness (QED) is 0.766. The molecule has 0 aliphatic heterocycles. The largest absolute Gasteiger partial charge is 0.378 e. The van der Waals surface area contributed by atoms with Gasteiger partial charge < -0.3 is 4.98 Å². The first-order valence-electron chi connectivity index (χ1n) is 6.92. The number of hydrogen-bond acceptors (Lipinski definition) is 1. The fourth-order valence-corrected chi connectivity index (χ4v) is 6.46. The van der Waals surface area contributed by atoms with E-state index in [4.69, 9.17) is 0 Å². The predicted molar refractivity (Wildman–Crippen MR) is 80.8 cm³/mol. The fraction of sp³-hybridized carbons (Fsp3) is 0.667. The van der Waals surface area contributed by atoms with Crippen molar-refractivity contribution in [3.63, 3.8) is 0 Å². The van der Waals surface area contributed by atoms with Crippen molar-refractivity contribution in [2.24, 2.45) is 5.92 Å². The first-order chi connectivity index (χ1) is 8.22. The smallest absolute Gasteiger partial charge is 0.212 e. The Morgan fingerprint density at radius 2 is 1.78 bits per heavy atom. The fourth-order valence-electron chi connectivity index (χ4n) is 3.08. The molecule has 1 aliphatic carbocycles. The van der Waals surface area contributed by atoms with Crippen LogP contribution in [0.4, 0.5) is 0 Å². The maximum Gasteiger partial charge on any atom is 0.212 e. The van der Waals surface area contributed by atoms with E-state index in [0.717, 1.165) is 6.42 Å². The van der Waals surface area contributed by atoms with E-state index in [9.17, 15) is 4.79 Å². The number of carbonyl (C=O) groups excluding carboxylic acids is 1. The first kappa shape index (κ1) is 15.2. The first-order valence-corrected chi connectivity index (χ1v) is 9.92. The number of amides is 1. The van der Waals surface area contributed by atoms with Crippen LogP contribution >= 0.6 is 0 Å². The third-order valence-electron chi connectivity index (χ3n) is 4.24. The third-order valence-corrected chi connectivity index (χ3v) is 7.30. The molecule has 0 bridgehead atoms. The van der Waals surface area contributed by atoms with Crippen LogP contribution in [0.5, 0.6) is 0 Å². The molecule has 102 valence electrons. The van der Waals surface area contributed by atoms with Gasteiger partial charge >= 0.3 is 0 Å². The summed E-state index contributed by atoms with van der Waals surface area (Å²) in [7, 11) is -1.84. The molecule has 0 saturated heterocycles. The maximum absolute atomic E-state index is 11.9. The lowest BCUT2D eigenvalue weighted by Crippen LogP contribution is -2.51. The zero-order valence-corrected chi connectivity index (χ0v) is 13.9. The van der Waals surface area contributed by atoms with Crippen molar-refractivity contribution in [3.05, 3.63) is 21.9 Å². The van der Waals surface area contributed by atoms with Crippen LogP contribution in [0.15, 0.2) is 21.9 Å². The number of nitrogens with one attached hydrogen (secondary N) is 1. The van der Waals surface area contributed by atoms with Crippen LogP contribution in [-0.2, 0) is 4.79 Å². The van der Waals surface area contributed by atoms with Crippen LogP contribution in [0.25, 0.3) is 0 Å². The Morgan fingerprint density at radius 1 is 1.22 bits per heavy atom. The van der Waals surface area contributed by atoms with Crippen molar-refractivity contribution in [3.8, 4) is 0 Å². The van der Waals surface area contributed by atoms with Crippen molar-refractivity contribution >= 4 is 14.1 Å². The summed E-state index contributed by atoms with van der Waals surface area (Å²) in [5.74, 6) is 0.706. The molecular weight excluding hydrogens is 238 g/mol. The molecule has 0 saturated carbocycles. The highest BCUT2D eigenvalue weighted by molar-refractivity contribution is 6.84. The van der Waals surface area contributed by atoms with E-state index in [0.29, 0.717) is 12.3 Å². The van der Waals surface area contributed by atoms with Crippen LogP contribution in [0.3, 0.4) is 0 Å². The molecule has 0 heterocycles. The molecule has 1 unspecified atom stereocenters. The Morgan fingerprint density at radius 3 is 2.17 bits per heavy atom. The summed E-state index contributed by atoms with van der Waals surface area (Å²) in [6.45, 7) is 15.4. The van der Waals surface area contributed by atoms with Gasteiger partial charge in [0, 0.05) is 6.42 Å². The van der Waals surface area contributed by atoms with E-state index >= 15 is 0 Å². The van der Waals surface area contributed by atoms with Crippen molar-refractivity contribution in [2.75, 3.05) is 0 Å². The third kappa shape index (κ3) is 2.77. The van der Waals surface area contributed by atoms with Crippen LogP contribution in [0.1, 0.15) is 47.5 Å². The molecule has 0 aromatic rings. The van der Waals surface area contributed by atoms with Crippen LogP contribution in [-0.4, -0.2) is 14.1 Å². The highest BCUT2D eigenvalue weighted by Crippen LogP contribution is 2.40. The van der Waals surface area contributed by atoms with Gasteiger partial charge in [0.2, 0.25) is 5.91 Å². The molecule has 2 nitrogen and oxygen atoms in total. The maximum atomic E-state index is 11.9. The van der Waals surface area contributed by atoms with Crippen molar-refractivity contribution < 1.29 is 4.79 Å². The van der Waals surface area contributed by atoms with Gasteiger partial charge in [0.25, 0.3) is 0 Å². The average Bonchev–Trinajstić information content (AvgIpc) is 2.43. The van der Waals surface area contributed by atoms with E-state index in [-0.39, 0.29) is 5.91 Å². The Bertz CT molecular complexity index is 418. The summed E-state index contributed by atoms with van der Waals surface area (Å²) < 4.78 is 0. The minimum Gasteiger partial charge on any atom is -0.378 e. The second-order valence-electron chi connectivity index (χ2n) is 5.99. The van der Waals surface area contributed by atoms with E-state index < -0.39 is 8.24 Å². The predicted octanol–water partition coefficient (Wildman–Crippen LogP) is 3.95. The lowest BCUT2D eigenvalue weighted by atomic mass is 10.1. The highest BCUT2D eigenvalue weighted by Gasteiger charge is 2.37. The van der Waals surface area contributed by atoms with Gasteiger partial charge in [-0.05, 0) is 51.8 Å². The molecule has 1 atom stereocenters. The molecule has 1 rings (SSSR count). The molecule has 1 amide bonds. The lowest BCUT2D eigenvalue weighted by molar-refractivity contribution is -0.119. The minimum absolute atomic E-state index is 0.212. The van der Waals surface area contributed by atoms with E-state index in [1.54, 1.807) is 0 Å². The van der Waals surface area contributed by atoms with Crippen molar-refractivity contribution in [2.45, 2.75) is 60.6 Å². The van der Waals surface area contributed by atoms with Gasteiger partial charge in [-0.15, -0.1) is 0 Å². The molecular formula is C15H27NOSi. The lowest BCUT2D eigenvalue weighted by Gasteiger charge is -2.30. The minimum atomic E-state index is -1.84. The van der Waals surface area contributed by atoms with Gasteiger partial charge in [-0.3, -0.25) is 4.79 Å². The second-order valence-corrected chi connectivity index (χ2v) is 10.0. The summed E-state index contributed by atoms with van der Waals surface area (Å²) in [4.78, 5) is 15.2. The molecule has 0 aromatic heterocycles. The summed E-state index contributed by atoms with van der Waals surface area (Å²) in [5, 5.41) is 1.50. The standard InChI is InChI=1S/C15H27NOSi/c1-8-9-14(17)16-18(6,7)15-12(4)10(2)11(3)13(15)5/h12H,8-9H2,1-7H3,(H,16,17). The van der Waals surface area contributed by atoms with E-state index in [1.165, 1.54) is 21.9 Å². The van der Waals surface area contributed by atoms with Crippen molar-refractivity contribution in [1.82, 2.24) is 4.98 Å². The molecule has 18 heavy (non-hydrogen) atoms. The molecule has 1 N–H and O–H groups in total. The summed E-state index contributed by atoms with van der Waals surface area (Å²) in [6, 6.07) is 0. The van der Waals surface area contributed by atoms with Gasteiger partial charge in [-0.2, -0.15) is 0 Å². The molecule has 0 aromatic carbocycles. The van der Waals surface area contributed by atoms with Gasteiger partial charge in [0.05, 0.1) is 0 Å². The number of carbonyl (C=O) groups is 1. The summed E-state index contributed by atoms with van der Waals surface area (Å²) in [5.41, 5.74) is 4.30. The highest BCUT2D eigenvalue weighted by atomic mass is 28.3. The molecule has 0 fully saturated rings. The Labute approximate surface area is 113 Å². The number of allylic oxidation sites excluding steroid dienone is 4. The molecule has 0 spiro atoms. The van der Waals surface area contributed by atoms with Crippen LogP contribution in [0.2, 0.25) is 13.1 Å². The molecule has 0 radical (unpaired) electrons. The molecule has 1 aliphatic rings. The van der Waals surface area contributed by atoms with E-state index in [1.807, 2.05) is 6.92 Å². The normalized spacial score (nSPS) is 20.7. The number of hydrogen-bond donors (Lipinski definition) is 1. The van der Waals surface area contributed by atoms with Gasteiger partial charge in [-0.1, -0.05) is 30.2 Å². The average molecular weight is 265 g/mol. The van der Waals surface area contributed by atoms with Gasteiger partial charge in [-0.25, -0.2) is 0 Å². The monoisotopic (exact) mass is 265 g/mol. The zero-order valence-electron chi connectivity index (χ0n) is 12.9. The van der Waals surface area contributed by atoms with E-state index in [2.05, 4.69) is 45.8 Å². The number of rotatable bonds is 4. The van der Waals surface area contributed by atoms with Crippen LogP contribution in [0, 0.1) is 5.92 Å². The van der Waals surface area contributed by atoms with Crippen LogP contribution < -0.4 is 4.98 Å². The topological polar surface area (TPSA) is 29.1 Å². The molecule has 3 heteroatoms. The Hall–Kier alpha value is -0.833. The Balaban J connectivity index is 2.97. The summed E-state index contributed by atoms with van der Waals surface area (Å²) >= 11 is 0. The second kappa shape index (κ2) is 5.43. The van der Waals surface area contributed by atoms with Gasteiger partial charge in [0.1, 0.15) is 0 Å². The van der Waals surface area contributed by atoms with Crippen molar-refractivity contribution in [1.29, 1.82) is 0 Å². The zero-order chi connectivity index (χ0) is 14.1. The SMILES string of the molecule is CCCC(=O)N[Si](C)(C)C1=C(C)C(C)=C(C)C1C. The summed E-state index contributed by atoms with van der Waals surface area (Å²) in [6.07, 6.45) is 1.56.